The van der Waals surface area contributed by atoms with Gasteiger partial charge in [0.05, 0.1) is 12.2 Å². The summed E-state index contributed by atoms with van der Waals surface area (Å²) in [7, 11) is 1.93. The molecule has 2 rings (SSSR count). The van der Waals surface area contributed by atoms with Crippen LogP contribution in [-0.2, 0) is 18.4 Å². The van der Waals surface area contributed by atoms with Crippen LogP contribution in [0.5, 0.6) is 0 Å². The number of nitrogens with one attached hydrogen (secondary N) is 2. The fraction of sp³-hybridized carbons (Fsp3) is 0.375. The quantitative estimate of drug-likeness (QED) is 0.884. The van der Waals surface area contributed by atoms with Gasteiger partial charge < -0.3 is 10.6 Å². The minimum atomic E-state index is -0.0419. The maximum atomic E-state index is 11.9. The maximum Gasteiger partial charge on any atom is 0.238 e. The molecule has 0 fully saturated rings. The number of carbonyl (C=O) groups excluding carboxylic acids is 1. The molecule has 5 heteroatoms. The second-order valence-corrected chi connectivity index (χ2v) is 5.29. The van der Waals surface area contributed by atoms with E-state index in [4.69, 9.17) is 0 Å². The van der Waals surface area contributed by atoms with Gasteiger partial charge in [0.15, 0.2) is 0 Å². The van der Waals surface area contributed by atoms with Gasteiger partial charge in [0.25, 0.3) is 0 Å². The lowest BCUT2D eigenvalue weighted by molar-refractivity contribution is -0.115. The number of hydrogen-bond donors (Lipinski definition) is 2. The van der Waals surface area contributed by atoms with Gasteiger partial charge in [0.1, 0.15) is 0 Å². The Morgan fingerprint density at radius 3 is 2.67 bits per heavy atom. The number of carbonyl (C=O) groups is 1. The van der Waals surface area contributed by atoms with Crippen LogP contribution in [0.2, 0.25) is 0 Å². The molecule has 0 saturated heterocycles. The summed E-state index contributed by atoms with van der Waals surface area (Å²) in [4.78, 5) is 11.9. The zero-order valence-electron chi connectivity index (χ0n) is 13.0. The Hall–Kier alpha value is -2.14. The summed E-state index contributed by atoms with van der Waals surface area (Å²) in [5, 5.41) is 10.4. The summed E-state index contributed by atoms with van der Waals surface area (Å²) in [6.45, 7) is 6.94. The van der Waals surface area contributed by atoms with E-state index >= 15 is 0 Å². The van der Waals surface area contributed by atoms with Crippen LogP contribution in [0.1, 0.15) is 22.5 Å². The fourth-order valence-electron chi connectivity index (χ4n) is 2.30. The third-order valence-corrected chi connectivity index (χ3v) is 3.55. The van der Waals surface area contributed by atoms with E-state index in [1.807, 2.05) is 56.8 Å². The van der Waals surface area contributed by atoms with Gasteiger partial charge >= 0.3 is 0 Å². The minimum Gasteiger partial charge on any atom is -0.325 e. The van der Waals surface area contributed by atoms with Crippen molar-refractivity contribution in [1.82, 2.24) is 15.1 Å². The van der Waals surface area contributed by atoms with Crippen molar-refractivity contribution in [1.29, 1.82) is 0 Å². The van der Waals surface area contributed by atoms with Crippen molar-refractivity contribution in [3.63, 3.8) is 0 Å². The molecule has 0 aliphatic carbocycles. The number of aryl methyl sites for hydroxylation is 3. The van der Waals surface area contributed by atoms with Crippen LogP contribution in [-0.4, -0.2) is 22.2 Å². The third kappa shape index (κ3) is 3.92. The van der Waals surface area contributed by atoms with Crippen molar-refractivity contribution >= 4 is 11.6 Å². The molecule has 0 spiro atoms. The first-order valence-electron chi connectivity index (χ1n) is 7.03. The monoisotopic (exact) mass is 286 g/mol. The first-order valence-corrected chi connectivity index (χ1v) is 7.03. The second kappa shape index (κ2) is 6.54. The molecule has 0 aliphatic heterocycles. The average Bonchev–Trinajstić information content (AvgIpc) is 2.65. The van der Waals surface area contributed by atoms with Crippen LogP contribution in [0, 0.1) is 20.8 Å². The van der Waals surface area contributed by atoms with E-state index in [1.54, 1.807) is 0 Å². The molecule has 0 saturated carbocycles. The van der Waals surface area contributed by atoms with Gasteiger partial charge in [0.2, 0.25) is 5.91 Å². The van der Waals surface area contributed by atoms with E-state index in [2.05, 4.69) is 15.7 Å². The number of benzene rings is 1. The lowest BCUT2D eigenvalue weighted by atomic mass is 10.2. The topological polar surface area (TPSA) is 59.0 Å². The standard InChI is InChI=1S/C16H22N4O/c1-11-6-5-7-14(8-11)18-16(21)10-17-9-15-12(2)19-20(4)13(15)3/h5-8,17H,9-10H2,1-4H3,(H,18,21). The Kier molecular flexibility index (Phi) is 4.75. The third-order valence-electron chi connectivity index (χ3n) is 3.55. The Balaban J connectivity index is 1.84. The molecule has 0 aliphatic rings. The molecule has 0 atom stereocenters. The van der Waals surface area contributed by atoms with Crippen molar-refractivity contribution in [3.8, 4) is 0 Å². The summed E-state index contributed by atoms with van der Waals surface area (Å²) < 4.78 is 1.86. The van der Waals surface area contributed by atoms with Gasteiger partial charge in [-0.2, -0.15) is 5.10 Å². The van der Waals surface area contributed by atoms with E-state index < -0.39 is 0 Å². The summed E-state index contributed by atoms with van der Waals surface area (Å²) in [5.41, 5.74) is 5.24. The number of amides is 1. The smallest absolute Gasteiger partial charge is 0.238 e. The fourth-order valence-corrected chi connectivity index (χ4v) is 2.30. The van der Waals surface area contributed by atoms with Crippen LogP contribution in [0.25, 0.3) is 0 Å². The predicted molar refractivity (Wildman–Crippen MR) is 84.2 cm³/mol. The molecular weight excluding hydrogens is 264 g/mol. The van der Waals surface area contributed by atoms with E-state index in [0.29, 0.717) is 6.54 Å². The van der Waals surface area contributed by atoms with Crippen molar-refractivity contribution < 1.29 is 4.79 Å². The minimum absolute atomic E-state index is 0.0419. The Morgan fingerprint density at radius 1 is 1.29 bits per heavy atom. The average molecular weight is 286 g/mol. The number of rotatable bonds is 5. The summed E-state index contributed by atoms with van der Waals surface area (Å²) in [6.07, 6.45) is 0. The Morgan fingerprint density at radius 2 is 2.05 bits per heavy atom. The van der Waals surface area contributed by atoms with Crippen LogP contribution in [0.4, 0.5) is 5.69 Å². The van der Waals surface area contributed by atoms with E-state index in [0.717, 1.165) is 28.2 Å². The highest BCUT2D eigenvalue weighted by atomic mass is 16.1. The molecule has 112 valence electrons. The van der Waals surface area contributed by atoms with Crippen LogP contribution in [0.15, 0.2) is 24.3 Å². The molecular formula is C16H22N4O. The Labute approximate surface area is 125 Å². The van der Waals surface area contributed by atoms with Gasteiger partial charge in [-0.25, -0.2) is 0 Å². The number of aromatic nitrogens is 2. The molecule has 1 amide bonds. The zero-order valence-corrected chi connectivity index (χ0v) is 13.0. The summed E-state index contributed by atoms with van der Waals surface area (Å²) >= 11 is 0. The second-order valence-electron chi connectivity index (χ2n) is 5.29. The van der Waals surface area contributed by atoms with Crippen molar-refractivity contribution in [2.75, 3.05) is 11.9 Å². The van der Waals surface area contributed by atoms with Crippen molar-refractivity contribution in [2.24, 2.45) is 7.05 Å². The predicted octanol–water partition coefficient (Wildman–Crippen LogP) is 2.07. The van der Waals surface area contributed by atoms with Crippen LogP contribution in [0.3, 0.4) is 0 Å². The molecule has 2 N–H and O–H groups in total. The molecule has 0 radical (unpaired) electrons. The summed E-state index contributed by atoms with van der Waals surface area (Å²) in [5.74, 6) is -0.0419. The lowest BCUT2D eigenvalue weighted by Gasteiger charge is -2.08. The van der Waals surface area contributed by atoms with E-state index in [-0.39, 0.29) is 12.5 Å². The van der Waals surface area contributed by atoms with Crippen molar-refractivity contribution in [2.45, 2.75) is 27.3 Å². The molecule has 0 bridgehead atoms. The van der Waals surface area contributed by atoms with Gasteiger partial charge in [-0.1, -0.05) is 12.1 Å². The van der Waals surface area contributed by atoms with Gasteiger partial charge in [-0.3, -0.25) is 9.48 Å². The molecule has 21 heavy (non-hydrogen) atoms. The molecule has 5 nitrogen and oxygen atoms in total. The molecule has 1 aromatic heterocycles. The highest BCUT2D eigenvalue weighted by molar-refractivity contribution is 5.92. The summed E-state index contributed by atoms with van der Waals surface area (Å²) in [6, 6.07) is 7.77. The molecule has 1 aromatic carbocycles. The first-order chi connectivity index (χ1) is 9.97. The normalized spacial score (nSPS) is 10.7. The lowest BCUT2D eigenvalue weighted by Crippen LogP contribution is -2.28. The molecule has 2 aromatic rings. The van der Waals surface area contributed by atoms with Gasteiger partial charge in [-0.15, -0.1) is 0 Å². The highest BCUT2D eigenvalue weighted by Crippen LogP contribution is 2.11. The van der Waals surface area contributed by atoms with E-state index in [9.17, 15) is 4.79 Å². The Bertz CT molecular complexity index is 646. The zero-order chi connectivity index (χ0) is 15.4. The number of hydrogen-bond acceptors (Lipinski definition) is 3. The maximum absolute atomic E-state index is 11.9. The highest BCUT2D eigenvalue weighted by Gasteiger charge is 2.09. The largest absolute Gasteiger partial charge is 0.325 e. The van der Waals surface area contributed by atoms with Gasteiger partial charge in [0, 0.05) is 30.5 Å². The van der Waals surface area contributed by atoms with Crippen LogP contribution >= 0.6 is 0 Å². The number of nitrogens with zero attached hydrogens (tertiary/aromatic N) is 2. The molecule has 0 unspecified atom stereocenters. The SMILES string of the molecule is Cc1cccc(NC(=O)CNCc2c(C)nn(C)c2C)c1. The number of anilines is 1. The van der Waals surface area contributed by atoms with Gasteiger partial charge in [-0.05, 0) is 38.5 Å². The van der Waals surface area contributed by atoms with Crippen molar-refractivity contribution in [3.05, 3.63) is 46.8 Å². The van der Waals surface area contributed by atoms with Crippen LogP contribution < -0.4 is 10.6 Å². The molecule has 1 heterocycles. The van der Waals surface area contributed by atoms with E-state index in [1.165, 1.54) is 0 Å². The first kappa shape index (κ1) is 15.3.